The lowest BCUT2D eigenvalue weighted by Gasteiger charge is -2.22. The number of nitro benzene ring substituents is 1. The third kappa shape index (κ3) is 3.87. The van der Waals surface area contributed by atoms with E-state index in [-0.39, 0.29) is 44.6 Å². The van der Waals surface area contributed by atoms with Crippen LogP contribution >= 0.6 is 11.3 Å². The maximum Gasteiger partial charge on any atom is 0.350 e. The molecule has 0 spiro atoms. The fourth-order valence-corrected chi connectivity index (χ4v) is 5.38. The summed E-state index contributed by atoms with van der Waals surface area (Å²) in [6, 6.07) is 8.08. The molecule has 188 valence electrons. The number of carbonyl (C=O) groups is 2. The Kier molecular flexibility index (Phi) is 5.87. The van der Waals surface area contributed by atoms with Crippen LogP contribution in [0.15, 0.2) is 45.6 Å². The van der Waals surface area contributed by atoms with E-state index in [1.54, 1.807) is 26.0 Å². The molecule has 1 unspecified atom stereocenters. The van der Waals surface area contributed by atoms with Gasteiger partial charge in [-0.3, -0.25) is 24.6 Å². The minimum absolute atomic E-state index is 0.111. The molecule has 1 amide bonds. The van der Waals surface area contributed by atoms with Crippen molar-refractivity contribution in [1.82, 2.24) is 4.98 Å². The van der Waals surface area contributed by atoms with Crippen LogP contribution in [0.5, 0.6) is 0 Å². The van der Waals surface area contributed by atoms with Crippen LogP contribution in [0.25, 0.3) is 11.0 Å². The van der Waals surface area contributed by atoms with E-state index in [2.05, 4.69) is 4.98 Å². The fraction of sp³-hybridized carbons (Fsp3) is 0.231. The average Bonchev–Trinajstić information content (AvgIpc) is 3.38. The molecule has 0 saturated heterocycles. The van der Waals surface area contributed by atoms with Gasteiger partial charge < -0.3 is 9.15 Å². The van der Waals surface area contributed by atoms with Crippen LogP contribution in [0.3, 0.4) is 0 Å². The summed E-state index contributed by atoms with van der Waals surface area (Å²) in [6.07, 6.45) is 0. The smallest absolute Gasteiger partial charge is 0.350 e. The van der Waals surface area contributed by atoms with Crippen molar-refractivity contribution in [3.05, 3.63) is 95.3 Å². The lowest BCUT2D eigenvalue weighted by atomic mass is 9.97. The van der Waals surface area contributed by atoms with Crippen LogP contribution < -0.4 is 10.3 Å². The van der Waals surface area contributed by atoms with Crippen LogP contribution in [-0.2, 0) is 4.74 Å². The van der Waals surface area contributed by atoms with Crippen molar-refractivity contribution < 1.29 is 23.7 Å². The summed E-state index contributed by atoms with van der Waals surface area (Å²) in [6.45, 7) is 7.25. The zero-order valence-corrected chi connectivity index (χ0v) is 21.2. The first kappa shape index (κ1) is 24.3. The largest absolute Gasteiger partial charge is 0.462 e. The quantitative estimate of drug-likeness (QED) is 0.204. The summed E-state index contributed by atoms with van der Waals surface area (Å²) in [5.41, 5.74) is 2.51. The van der Waals surface area contributed by atoms with Gasteiger partial charge in [0.05, 0.1) is 34.2 Å². The summed E-state index contributed by atoms with van der Waals surface area (Å²) < 4.78 is 11.1. The molecule has 4 aromatic rings. The molecule has 5 rings (SSSR count). The molecule has 1 aliphatic heterocycles. The third-order valence-corrected chi connectivity index (χ3v) is 7.50. The fourth-order valence-electron chi connectivity index (χ4n) is 4.39. The van der Waals surface area contributed by atoms with E-state index in [0.717, 1.165) is 22.5 Å². The standard InChI is InChI=1S/C26H21N3O7S/c1-5-35-25(32)23-14(4)27-26(37-23)28-20(15-6-8-16(9-7-15)29(33)34)19-21(30)17-10-12(2)13(3)11-18(17)36-22(19)24(28)31/h6-11,20H,5H2,1-4H3. The van der Waals surface area contributed by atoms with E-state index in [1.165, 1.54) is 29.2 Å². The van der Waals surface area contributed by atoms with E-state index >= 15 is 0 Å². The van der Waals surface area contributed by atoms with E-state index in [0.29, 0.717) is 16.6 Å². The second kappa shape index (κ2) is 8.93. The number of ether oxygens (including phenoxy) is 1. The predicted molar refractivity (Wildman–Crippen MR) is 137 cm³/mol. The van der Waals surface area contributed by atoms with Gasteiger partial charge in [-0.1, -0.05) is 11.3 Å². The van der Waals surface area contributed by atoms with Crippen LogP contribution in [0.4, 0.5) is 10.8 Å². The molecule has 1 aliphatic rings. The second-order valence-corrected chi connectivity index (χ2v) is 9.64. The normalized spacial score (nSPS) is 14.8. The van der Waals surface area contributed by atoms with Crippen molar-refractivity contribution in [3.63, 3.8) is 0 Å². The van der Waals surface area contributed by atoms with Crippen molar-refractivity contribution >= 4 is 45.0 Å². The topological polar surface area (TPSA) is 133 Å². The monoisotopic (exact) mass is 519 g/mol. The Balaban J connectivity index is 1.76. The molecule has 3 heterocycles. The van der Waals surface area contributed by atoms with Crippen LogP contribution in [-0.4, -0.2) is 28.4 Å². The molecule has 37 heavy (non-hydrogen) atoms. The molecule has 0 N–H and O–H groups in total. The number of thiazole rings is 1. The highest BCUT2D eigenvalue weighted by Crippen LogP contribution is 2.43. The number of carbonyl (C=O) groups excluding carboxylic acids is 2. The van der Waals surface area contributed by atoms with Gasteiger partial charge in [-0.15, -0.1) is 0 Å². The van der Waals surface area contributed by atoms with Crippen LogP contribution in [0, 0.1) is 30.9 Å². The highest BCUT2D eigenvalue weighted by Gasteiger charge is 2.45. The number of non-ortho nitro benzene ring substituents is 1. The summed E-state index contributed by atoms with van der Waals surface area (Å²) in [7, 11) is 0. The number of fused-ring (bicyclic) bond motifs is 2. The third-order valence-electron chi connectivity index (χ3n) is 6.36. The number of esters is 1. The van der Waals surface area contributed by atoms with Gasteiger partial charge in [0.1, 0.15) is 10.5 Å². The zero-order valence-electron chi connectivity index (χ0n) is 20.4. The Hall–Kier alpha value is -4.38. The molecule has 11 heteroatoms. The SMILES string of the molecule is CCOC(=O)c1sc(N2C(=O)c3oc4cc(C)c(C)cc4c(=O)c3C2c2ccc([N+](=O)[O-])cc2)nc1C. The minimum atomic E-state index is -0.967. The Morgan fingerprint density at radius 1 is 1.16 bits per heavy atom. The van der Waals surface area contributed by atoms with Gasteiger partial charge in [0.15, 0.2) is 10.6 Å². The van der Waals surface area contributed by atoms with Crippen LogP contribution in [0.1, 0.15) is 61.1 Å². The molecule has 0 saturated carbocycles. The predicted octanol–water partition coefficient (Wildman–Crippen LogP) is 5.01. The van der Waals surface area contributed by atoms with Gasteiger partial charge in [0, 0.05) is 12.1 Å². The molecule has 0 radical (unpaired) electrons. The molecule has 0 fully saturated rings. The number of nitrogens with zero attached hydrogens (tertiary/aromatic N) is 3. The lowest BCUT2D eigenvalue weighted by Crippen LogP contribution is -2.29. The highest BCUT2D eigenvalue weighted by molar-refractivity contribution is 7.17. The second-order valence-electron chi connectivity index (χ2n) is 8.66. The first-order valence-electron chi connectivity index (χ1n) is 11.4. The number of benzene rings is 2. The Labute approximate surface area is 214 Å². The highest BCUT2D eigenvalue weighted by atomic mass is 32.1. The van der Waals surface area contributed by atoms with Gasteiger partial charge in [0.2, 0.25) is 5.76 Å². The number of aryl methyl sites for hydroxylation is 3. The van der Waals surface area contributed by atoms with Crippen molar-refractivity contribution in [3.8, 4) is 0 Å². The number of aromatic nitrogens is 1. The van der Waals surface area contributed by atoms with Gasteiger partial charge in [-0.2, -0.15) is 0 Å². The number of anilines is 1. The average molecular weight is 520 g/mol. The van der Waals surface area contributed by atoms with Crippen molar-refractivity contribution in [2.45, 2.75) is 33.7 Å². The molecular weight excluding hydrogens is 498 g/mol. The zero-order chi connectivity index (χ0) is 26.6. The molecule has 0 bridgehead atoms. The van der Waals surface area contributed by atoms with Crippen LogP contribution in [0.2, 0.25) is 0 Å². The number of amides is 1. The molecule has 1 atom stereocenters. The number of rotatable bonds is 5. The first-order chi connectivity index (χ1) is 17.6. The maximum atomic E-state index is 13.8. The number of nitro groups is 1. The summed E-state index contributed by atoms with van der Waals surface area (Å²) >= 11 is 0.968. The van der Waals surface area contributed by atoms with Crippen molar-refractivity contribution in [2.24, 2.45) is 0 Å². The Morgan fingerprint density at radius 2 is 1.84 bits per heavy atom. The van der Waals surface area contributed by atoms with E-state index in [9.17, 15) is 24.5 Å². The Morgan fingerprint density at radius 3 is 2.49 bits per heavy atom. The van der Waals surface area contributed by atoms with E-state index in [4.69, 9.17) is 9.15 Å². The molecule has 2 aromatic carbocycles. The Bertz CT molecular complexity index is 1670. The van der Waals surface area contributed by atoms with Crippen molar-refractivity contribution in [1.29, 1.82) is 0 Å². The van der Waals surface area contributed by atoms with E-state index in [1.807, 2.05) is 13.8 Å². The van der Waals surface area contributed by atoms with Gasteiger partial charge >= 0.3 is 5.97 Å². The summed E-state index contributed by atoms with van der Waals surface area (Å²) in [5.74, 6) is -1.29. The summed E-state index contributed by atoms with van der Waals surface area (Å²) in [4.78, 5) is 56.7. The summed E-state index contributed by atoms with van der Waals surface area (Å²) in [5, 5.41) is 11.7. The number of hydrogen-bond acceptors (Lipinski definition) is 9. The molecular formula is C26H21N3O7S. The van der Waals surface area contributed by atoms with Crippen molar-refractivity contribution in [2.75, 3.05) is 11.5 Å². The van der Waals surface area contributed by atoms with Gasteiger partial charge in [0.25, 0.3) is 11.6 Å². The molecule has 2 aromatic heterocycles. The number of hydrogen-bond donors (Lipinski definition) is 0. The lowest BCUT2D eigenvalue weighted by molar-refractivity contribution is -0.384. The van der Waals surface area contributed by atoms with Gasteiger partial charge in [-0.05, 0) is 68.7 Å². The molecule has 0 aliphatic carbocycles. The van der Waals surface area contributed by atoms with E-state index < -0.39 is 22.8 Å². The maximum absolute atomic E-state index is 13.8. The minimum Gasteiger partial charge on any atom is -0.462 e. The van der Waals surface area contributed by atoms with Gasteiger partial charge in [-0.25, -0.2) is 9.78 Å². The first-order valence-corrected chi connectivity index (χ1v) is 12.2. The molecule has 10 nitrogen and oxygen atoms in total.